The zero-order valence-electron chi connectivity index (χ0n) is 9.19. The average Bonchev–Trinajstić information content (AvgIpc) is 2.30. The molecule has 16 heavy (non-hydrogen) atoms. The Kier molecular flexibility index (Phi) is 3.54. The number of hydrogen-bond acceptors (Lipinski definition) is 3. The van der Waals surface area contributed by atoms with Gasteiger partial charge >= 0.3 is 0 Å². The van der Waals surface area contributed by atoms with Gasteiger partial charge < -0.3 is 15.4 Å². The fraction of sp³-hybridized carbons (Fsp3) is 0.417. The molecule has 1 aromatic rings. The molecule has 86 valence electrons. The van der Waals surface area contributed by atoms with Crippen LogP contribution in [0.2, 0.25) is 0 Å². The molecular weight excluding hydrogens is 204 g/mol. The second-order valence-electron chi connectivity index (χ2n) is 3.81. The number of amides is 1. The highest BCUT2D eigenvalue weighted by Crippen LogP contribution is 2.18. The van der Waals surface area contributed by atoms with Gasteiger partial charge in [0.1, 0.15) is 6.61 Å². The highest BCUT2D eigenvalue weighted by molar-refractivity contribution is 5.94. The number of hydrogen-bond donors (Lipinski definition) is 1. The summed E-state index contributed by atoms with van der Waals surface area (Å²) in [5.41, 5.74) is 7.63. The minimum absolute atomic E-state index is 0.0242. The summed E-state index contributed by atoms with van der Waals surface area (Å²) in [5, 5.41) is 0. The smallest absolute Gasteiger partial charge is 0.253 e. The van der Waals surface area contributed by atoms with Crippen LogP contribution >= 0.6 is 0 Å². The van der Waals surface area contributed by atoms with Crippen LogP contribution in [0.15, 0.2) is 24.3 Å². The number of carbonyl (C=O) groups is 1. The quantitative estimate of drug-likeness (QED) is 0.809. The van der Waals surface area contributed by atoms with Gasteiger partial charge in [0.15, 0.2) is 0 Å². The molecule has 0 spiro atoms. The largest absolute Gasteiger partial charge is 0.370 e. The maximum atomic E-state index is 11.6. The highest BCUT2D eigenvalue weighted by Gasteiger charge is 2.19. The number of anilines is 1. The lowest BCUT2D eigenvalue weighted by Crippen LogP contribution is -2.41. The van der Waals surface area contributed by atoms with Gasteiger partial charge in [-0.25, -0.2) is 0 Å². The van der Waals surface area contributed by atoms with Crippen LogP contribution in [0.1, 0.15) is 5.56 Å². The first-order valence-corrected chi connectivity index (χ1v) is 5.48. The van der Waals surface area contributed by atoms with E-state index in [0.29, 0.717) is 19.7 Å². The van der Waals surface area contributed by atoms with E-state index in [1.54, 1.807) is 4.90 Å². The van der Waals surface area contributed by atoms with Crippen LogP contribution in [0.3, 0.4) is 0 Å². The zero-order chi connectivity index (χ0) is 11.4. The molecule has 1 aromatic carbocycles. The van der Waals surface area contributed by atoms with Gasteiger partial charge in [-0.1, -0.05) is 12.1 Å². The van der Waals surface area contributed by atoms with Gasteiger partial charge in [0.25, 0.3) is 5.91 Å². The van der Waals surface area contributed by atoms with E-state index < -0.39 is 0 Å². The van der Waals surface area contributed by atoms with Crippen LogP contribution in [-0.2, 0) is 16.0 Å². The summed E-state index contributed by atoms with van der Waals surface area (Å²) in [7, 11) is 0. The van der Waals surface area contributed by atoms with Crippen molar-refractivity contribution in [3.63, 3.8) is 0 Å². The molecule has 0 bridgehead atoms. The monoisotopic (exact) mass is 220 g/mol. The highest BCUT2D eigenvalue weighted by atomic mass is 16.5. The fourth-order valence-electron chi connectivity index (χ4n) is 1.84. The number of ether oxygens (including phenoxy) is 1. The lowest BCUT2D eigenvalue weighted by atomic mass is 10.1. The summed E-state index contributed by atoms with van der Waals surface area (Å²) in [6.45, 7) is 2.04. The summed E-state index contributed by atoms with van der Waals surface area (Å²) in [6.07, 6.45) is 0.840. The third-order valence-corrected chi connectivity index (χ3v) is 2.64. The van der Waals surface area contributed by atoms with Crippen LogP contribution in [0.25, 0.3) is 0 Å². The summed E-state index contributed by atoms with van der Waals surface area (Å²) in [4.78, 5) is 13.4. The Morgan fingerprint density at radius 1 is 1.44 bits per heavy atom. The van der Waals surface area contributed by atoms with Crippen LogP contribution < -0.4 is 10.6 Å². The van der Waals surface area contributed by atoms with Crippen molar-refractivity contribution < 1.29 is 9.53 Å². The van der Waals surface area contributed by atoms with Crippen LogP contribution in [0.4, 0.5) is 5.69 Å². The molecule has 1 aliphatic heterocycles. The van der Waals surface area contributed by atoms with E-state index in [1.165, 1.54) is 5.56 Å². The minimum Gasteiger partial charge on any atom is -0.370 e. The van der Waals surface area contributed by atoms with Crippen molar-refractivity contribution in [2.24, 2.45) is 5.73 Å². The molecule has 0 unspecified atom stereocenters. The number of benzene rings is 1. The molecule has 0 aliphatic carbocycles. The number of rotatable bonds is 3. The van der Waals surface area contributed by atoms with E-state index in [1.807, 2.05) is 24.3 Å². The van der Waals surface area contributed by atoms with E-state index in [2.05, 4.69) is 0 Å². The topological polar surface area (TPSA) is 55.6 Å². The minimum atomic E-state index is 0.0242. The van der Waals surface area contributed by atoms with E-state index in [9.17, 15) is 4.79 Å². The predicted octanol–water partition coefficient (Wildman–Crippen LogP) is 0.551. The predicted molar refractivity (Wildman–Crippen MR) is 62.4 cm³/mol. The average molecular weight is 220 g/mol. The van der Waals surface area contributed by atoms with Gasteiger partial charge in [0, 0.05) is 12.2 Å². The molecule has 0 atom stereocenters. The molecule has 1 amide bonds. The molecule has 1 fully saturated rings. The first-order valence-electron chi connectivity index (χ1n) is 5.48. The molecule has 1 saturated heterocycles. The van der Waals surface area contributed by atoms with Crippen molar-refractivity contribution in [1.29, 1.82) is 0 Å². The molecule has 4 heteroatoms. The normalized spacial score (nSPS) is 16.6. The maximum absolute atomic E-state index is 11.6. The summed E-state index contributed by atoms with van der Waals surface area (Å²) < 4.78 is 5.10. The van der Waals surface area contributed by atoms with Crippen molar-refractivity contribution in [3.05, 3.63) is 29.8 Å². The Morgan fingerprint density at radius 2 is 2.31 bits per heavy atom. The fourth-order valence-corrected chi connectivity index (χ4v) is 1.84. The molecule has 1 heterocycles. The van der Waals surface area contributed by atoms with Gasteiger partial charge in [0.05, 0.1) is 6.61 Å². The van der Waals surface area contributed by atoms with E-state index in [-0.39, 0.29) is 12.5 Å². The Labute approximate surface area is 95.0 Å². The van der Waals surface area contributed by atoms with Crippen LogP contribution in [0, 0.1) is 0 Å². The van der Waals surface area contributed by atoms with Crippen molar-refractivity contribution in [2.45, 2.75) is 6.42 Å². The lowest BCUT2D eigenvalue weighted by Gasteiger charge is -2.27. The first-order chi connectivity index (χ1) is 7.81. The summed E-state index contributed by atoms with van der Waals surface area (Å²) >= 11 is 0. The molecule has 2 N–H and O–H groups in total. The van der Waals surface area contributed by atoms with Crippen molar-refractivity contribution in [2.75, 3.05) is 31.2 Å². The Balaban J connectivity index is 2.18. The first kappa shape index (κ1) is 11.1. The number of morpholine rings is 1. The zero-order valence-corrected chi connectivity index (χ0v) is 9.19. The molecule has 0 aromatic heterocycles. The molecule has 0 radical (unpaired) electrons. The second kappa shape index (κ2) is 5.09. The third kappa shape index (κ3) is 2.40. The van der Waals surface area contributed by atoms with Gasteiger partial charge in [-0.2, -0.15) is 0 Å². The van der Waals surface area contributed by atoms with E-state index in [4.69, 9.17) is 10.5 Å². The second-order valence-corrected chi connectivity index (χ2v) is 3.81. The summed E-state index contributed by atoms with van der Waals surface area (Å²) in [6, 6.07) is 7.96. The number of carbonyl (C=O) groups excluding carboxylic acids is 1. The van der Waals surface area contributed by atoms with Gasteiger partial charge in [-0.05, 0) is 30.7 Å². The standard InChI is InChI=1S/C12H16N2O2/c13-5-4-10-2-1-3-11(8-10)14-6-7-16-9-12(14)15/h1-3,8H,4-7,9,13H2. The van der Waals surface area contributed by atoms with Gasteiger partial charge in [-0.3, -0.25) is 4.79 Å². The van der Waals surface area contributed by atoms with E-state index >= 15 is 0 Å². The molecule has 1 aliphatic rings. The van der Waals surface area contributed by atoms with Crippen molar-refractivity contribution in [3.8, 4) is 0 Å². The number of nitrogens with two attached hydrogens (primary N) is 1. The Morgan fingerprint density at radius 3 is 3.06 bits per heavy atom. The lowest BCUT2D eigenvalue weighted by molar-refractivity contribution is -0.125. The Bertz CT molecular complexity index is 379. The third-order valence-electron chi connectivity index (χ3n) is 2.64. The van der Waals surface area contributed by atoms with Crippen LogP contribution in [-0.4, -0.2) is 32.2 Å². The van der Waals surface area contributed by atoms with Gasteiger partial charge in [0.2, 0.25) is 0 Å². The van der Waals surface area contributed by atoms with Crippen molar-refractivity contribution >= 4 is 11.6 Å². The van der Waals surface area contributed by atoms with Crippen LogP contribution in [0.5, 0.6) is 0 Å². The number of nitrogens with zero attached hydrogens (tertiary/aromatic N) is 1. The van der Waals surface area contributed by atoms with E-state index in [0.717, 1.165) is 12.1 Å². The molecular formula is C12H16N2O2. The van der Waals surface area contributed by atoms with Crippen molar-refractivity contribution in [1.82, 2.24) is 0 Å². The molecule has 2 rings (SSSR count). The Hall–Kier alpha value is -1.39. The molecule has 4 nitrogen and oxygen atoms in total. The summed E-state index contributed by atoms with van der Waals surface area (Å²) in [5.74, 6) is 0.0242. The maximum Gasteiger partial charge on any atom is 0.253 e. The molecule has 0 saturated carbocycles. The van der Waals surface area contributed by atoms with Gasteiger partial charge in [-0.15, -0.1) is 0 Å². The SMILES string of the molecule is NCCc1cccc(N2CCOCC2=O)c1.